The Bertz CT molecular complexity index is 1210. The molecule has 1 heterocycles. The van der Waals surface area contributed by atoms with E-state index < -0.39 is 7.60 Å². The Balaban J connectivity index is 1.80. The van der Waals surface area contributed by atoms with E-state index in [0.717, 1.165) is 16.7 Å². The lowest BCUT2D eigenvalue weighted by molar-refractivity contribution is 0.229. The molecule has 0 amide bonds. The fourth-order valence-corrected chi connectivity index (χ4v) is 5.40. The number of aromatic nitrogens is 1. The SMILES string of the molecule is CCOP(=O)(OCC)c1nc(C(c2ccccc2)c2ccccc2)oc1NCc1ccc(F)cc1. The van der Waals surface area contributed by atoms with Crippen LogP contribution in [0, 0.1) is 5.82 Å². The van der Waals surface area contributed by atoms with Gasteiger partial charge in [0.2, 0.25) is 17.2 Å². The molecule has 1 aromatic heterocycles. The summed E-state index contributed by atoms with van der Waals surface area (Å²) in [6, 6.07) is 25.8. The Morgan fingerprint density at radius 2 is 1.43 bits per heavy atom. The van der Waals surface area contributed by atoms with E-state index in [1.807, 2.05) is 60.7 Å². The number of hydrogen-bond acceptors (Lipinski definition) is 6. The van der Waals surface area contributed by atoms with Crippen LogP contribution in [0.5, 0.6) is 0 Å². The molecule has 0 saturated heterocycles. The first-order valence-corrected chi connectivity index (χ1v) is 13.1. The molecule has 1 N–H and O–H groups in total. The largest absolute Gasteiger partial charge is 0.423 e. The number of rotatable bonds is 11. The van der Waals surface area contributed by atoms with Gasteiger partial charge in [-0.3, -0.25) is 4.57 Å². The third-order valence-corrected chi connectivity index (χ3v) is 7.38. The third kappa shape index (κ3) is 5.88. The second-order valence-electron chi connectivity index (χ2n) is 7.77. The molecule has 4 aromatic rings. The molecule has 0 aliphatic heterocycles. The molecule has 0 unspecified atom stereocenters. The molecule has 6 nitrogen and oxygen atoms in total. The summed E-state index contributed by atoms with van der Waals surface area (Å²) >= 11 is 0. The monoisotopic (exact) mass is 494 g/mol. The molecule has 35 heavy (non-hydrogen) atoms. The van der Waals surface area contributed by atoms with E-state index in [1.165, 1.54) is 12.1 Å². The fourth-order valence-electron chi connectivity index (χ4n) is 3.81. The van der Waals surface area contributed by atoms with Gasteiger partial charge in [-0.2, -0.15) is 0 Å². The van der Waals surface area contributed by atoms with E-state index in [-0.39, 0.29) is 36.3 Å². The number of hydrogen-bond donors (Lipinski definition) is 1. The maximum atomic E-state index is 13.7. The number of oxazole rings is 1. The summed E-state index contributed by atoms with van der Waals surface area (Å²) in [6.45, 7) is 4.15. The van der Waals surface area contributed by atoms with E-state index in [0.29, 0.717) is 12.4 Å². The average molecular weight is 495 g/mol. The fraction of sp³-hybridized carbons (Fsp3) is 0.222. The van der Waals surface area contributed by atoms with Crippen molar-refractivity contribution in [3.8, 4) is 0 Å². The minimum atomic E-state index is -3.77. The lowest BCUT2D eigenvalue weighted by atomic mass is 9.91. The van der Waals surface area contributed by atoms with Crippen molar-refractivity contribution < 1.29 is 22.4 Å². The number of halogens is 1. The van der Waals surface area contributed by atoms with E-state index in [1.54, 1.807) is 26.0 Å². The highest BCUT2D eigenvalue weighted by molar-refractivity contribution is 7.62. The minimum Gasteiger partial charge on any atom is -0.423 e. The Hall–Kier alpha value is -3.25. The second-order valence-corrected chi connectivity index (χ2v) is 9.71. The summed E-state index contributed by atoms with van der Waals surface area (Å²) in [6.07, 6.45) is 0. The topological polar surface area (TPSA) is 73.6 Å². The number of benzene rings is 3. The Labute approximate surface area is 204 Å². The van der Waals surface area contributed by atoms with Gasteiger partial charge in [-0.1, -0.05) is 72.8 Å². The smallest absolute Gasteiger partial charge is 0.385 e. The molecule has 182 valence electrons. The zero-order valence-electron chi connectivity index (χ0n) is 19.7. The number of nitrogens with one attached hydrogen (secondary N) is 1. The average Bonchev–Trinajstić information content (AvgIpc) is 3.30. The first kappa shape index (κ1) is 24.9. The van der Waals surface area contributed by atoms with Crippen molar-refractivity contribution in [1.29, 1.82) is 0 Å². The minimum absolute atomic E-state index is 0.0928. The number of anilines is 1. The lowest BCUT2D eigenvalue weighted by Gasteiger charge is -2.16. The van der Waals surface area contributed by atoms with Crippen molar-refractivity contribution in [1.82, 2.24) is 4.98 Å². The standard InChI is InChI=1S/C27H28FN2O4P/c1-3-32-35(31,33-4-2)27-26(29-19-20-15-17-23(28)18-16-20)34-25(30-27)24(21-11-7-5-8-12-21)22-13-9-6-10-14-22/h5-18,24,29H,3-4,19H2,1-2H3. The van der Waals surface area contributed by atoms with Gasteiger partial charge in [0.15, 0.2) is 0 Å². The van der Waals surface area contributed by atoms with Crippen LogP contribution in [0.25, 0.3) is 0 Å². The van der Waals surface area contributed by atoms with Gasteiger partial charge in [-0.25, -0.2) is 9.37 Å². The van der Waals surface area contributed by atoms with Crippen LogP contribution in [0.3, 0.4) is 0 Å². The van der Waals surface area contributed by atoms with Crippen molar-refractivity contribution in [3.05, 3.63) is 113 Å². The summed E-state index contributed by atoms with van der Waals surface area (Å²) in [4.78, 5) is 4.70. The van der Waals surface area contributed by atoms with Crippen molar-refractivity contribution in [2.24, 2.45) is 0 Å². The normalized spacial score (nSPS) is 11.7. The van der Waals surface area contributed by atoms with E-state index in [4.69, 9.17) is 18.4 Å². The summed E-state index contributed by atoms with van der Waals surface area (Å²) in [7, 11) is -3.77. The molecule has 0 radical (unpaired) electrons. The molecule has 3 aromatic carbocycles. The van der Waals surface area contributed by atoms with E-state index in [2.05, 4.69) is 5.32 Å². The summed E-state index contributed by atoms with van der Waals surface area (Å²) in [5.74, 6) is -0.0959. The van der Waals surface area contributed by atoms with Crippen LogP contribution in [0.1, 0.15) is 42.3 Å². The molecule has 0 atom stereocenters. The Kier molecular flexibility index (Phi) is 8.13. The molecule has 0 aliphatic carbocycles. The molecule has 4 rings (SSSR count). The first-order valence-electron chi connectivity index (χ1n) is 11.5. The van der Waals surface area contributed by atoms with Gasteiger partial charge in [0.25, 0.3) is 0 Å². The summed E-state index contributed by atoms with van der Waals surface area (Å²) in [5.41, 5.74) is 2.86. The molecular weight excluding hydrogens is 466 g/mol. The van der Waals surface area contributed by atoms with Crippen LogP contribution in [0.15, 0.2) is 89.3 Å². The van der Waals surface area contributed by atoms with Crippen molar-refractivity contribution in [2.45, 2.75) is 26.3 Å². The maximum absolute atomic E-state index is 13.7. The van der Waals surface area contributed by atoms with Gasteiger partial charge in [0.05, 0.1) is 19.1 Å². The molecule has 0 spiro atoms. The Morgan fingerprint density at radius 3 is 1.94 bits per heavy atom. The van der Waals surface area contributed by atoms with Gasteiger partial charge in [0, 0.05) is 6.54 Å². The highest BCUT2D eigenvalue weighted by Gasteiger charge is 2.37. The van der Waals surface area contributed by atoms with Crippen LogP contribution in [-0.2, 0) is 20.2 Å². The van der Waals surface area contributed by atoms with Crippen LogP contribution >= 0.6 is 7.60 Å². The van der Waals surface area contributed by atoms with Crippen LogP contribution in [0.4, 0.5) is 10.3 Å². The zero-order chi connectivity index (χ0) is 24.7. The molecule has 0 bridgehead atoms. The third-order valence-electron chi connectivity index (χ3n) is 5.36. The van der Waals surface area contributed by atoms with E-state index in [9.17, 15) is 8.96 Å². The van der Waals surface area contributed by atoms with Gasteiger partial charge >= 0.3 is 7.60 Å². The van der Waals surface area contributed by atoms with Crippen LogP contribution in [0.2, 0.25) is 0 Å². The highest BCUT2D eigenvalue weighted by Crippen LogP contribution is 2.49. The van der Waals surface area contributed by atoms with Gasteiger partial charge < -0.3 is 18.8 Å². The quantitative estimate of drug-likeness (QED) is 0.240. The molecule has 8 heteroatoms. The molecular formula is C27H28FN2O4P. The van der Waals surface area contributed by atoms with Gasteiger partial charge in [-0.05, 0) is 42.7 Å². The molecule has 0 aliphatic rings. The predicted molar refractivity (Wildman–Crippen MR) is 135 cm³/mol. The van der Waals surface area contributed by atoms with Crippen molar-refractivity contribution in [2.75, 3.05) is 18.5 Å². The van der Waals surface area contributed by atoms with E-state index >= 15 is 0 Å². The van der Waals surface area contributed by atoms with Crippen molar-refractivity contribution in [3.63, 3.8) is 0 Å². The van der Waals surface area contributed by atoms with Gasteiger partial charge in [-0.15, -0.1) is 0 Å². The first-order chi connectivity index (χ1) is 17.0. The molecule has 0 saturated carbocycles. The highest BCUT2D eigenvalue weighted by atomic mass is 31.2. The Morgan fingerprint density at radius 1 is 0.886 bits per heavy atom. The molecule has 0 fully saturated rings. The van der Waals surface area contributed by atoms with Crippen molar-refractivity contribution >= 4 is 18.9 Å². The van der Waals surface area contributed by atoms with Crippen LogP contribution in [-0.4, -0.2) is 18.2 Å². The summed E-state index contributed by atoms with van der Waals surface area (Å²) in [5, 5.41) is 3.17. The summed E-state index contributed by atoms with van der Waals surface area (Å²) < 4.78 is 44.5. The van der Waals surface area contributed by atoms with Gasteiger partial charge in [0.1, 0.15) is 5.82 Å². The second kappa shape index (κ2) is 11.5. The van der Waals surface area contributed by atoms with Crippen LogP contribution < -0.4 is 10.8 Å². The zero-order valence-corrected chi connectivity index (χ0v) is 20.6. The number of nitrogens with zero attached hydrogens (tertiary/aromatic N) is 1. The maximum Gasteiger partial charge on any atom is 0.385 e. The predicted octanol–water partition coefficient (Wildman–Crippen LogP) is 6.50. The lowest BCUT2D eigenvalue weighted by Crippen LogP contribution is -2.17.